The first-order chi connectivity index (χ1) is 12.3. The molecule has 1 aromatic rings. The van der Waals surface area contributed by atoms with Crippen LogP contribution in [0.1, 0.15) is 44.3 Å². The normalized spacial score (nSPS) is 14.9. The third-order valence-corrected chi connectivity index (χ3v) is 4.10. The molecule has 0 radical (unpaired) electrons. The molecule has 0 saturated carbocycles. The maximum absolute atomic E-state index is 5.46. The van der Waals surface area contributed by atoms with E-state index >= 15 is 0 Å². The first-order valence-corrected chi connectivity index (χ1v) is 9.35. The van der Waals surface area contributed by atoms with Crippen molar-refractivity contribution in [1.29, 1.82) is 0 Å². The van der Waals surface area contributed by atoms with Crippen molar-refractivity contribution in [1.82, 2.24) is 25.4 Å². The third kappa shape index (κ3) is 6.99. The van der Waals surface area contributed by atoms with Crippen LogP contribution >= 0.6 is 0 Å². The number of ether oxygens (including phenoxy) is 2. The number of methoxy groups -OCH3 is 1. The maximum Gasteiger partial charge on any atom is 0.191 e. The highest BCUT2D eigenvalue weighted by atomic mass is 16.5. The number of fused-ring (bicyclic) bond motifs is 1. The fraction of sp³-hybridized carbons (Fsp3) is 0.824. The third-order valence-electron chi connectivity index (χ3n) is 4.10. The molecule has 142 valence electrons. The summed E-state index contributed by atoms with van der Waals surface area (Å²) in [4.78, 5) is 4.65. The minimum absolute atomic E-state index is 0.548. The van der Waals surface area contributed by atoms with E-state index in [1.165, 1.54) is 19.3 Å². The van der Waals surface area contributed by atoms with E-state index in [9.17, 15) is 0 Å². The van der Waals surface area contributed by atoms with E-state index in [1.807, 2.05) is 0 Å². The Morgan fingerprint density at radius 3 is 2.92 bits per heavy atom. The standard InChI is InChI=1S/C17H32N6O2/c1-3-18-17(19-9-7-11-25-13-12-24-2)20-14-16-22-21-15-8-5-4-6-10-23(15)16/h3-14H2,1-2H3,(H2,18,19,20). The number of nitrogens with zero attached hydrogens (tertiary/aromatic N) is 4. The molecule has 0 aliphatic carbocycles. The molecule has 25 heavy (non-hydrogen) atoms. The molecule has 2 N–H and O–H groups in total. The zero-order valence-corrected chi connectivity index (χ0v) is 15.6. The molecule has 8 heteroatoms. The number of hydrogen-bond donors (Lipinski definition) is 2. The Hall–Kier alpha value is -1.67. The molecular formula is C17H32N6O2. The molecule has 0 spiro atoms. The minimum Gasteiger partial charge on any atom is -0.382 e. The average molecular weight is 352 g/mol. The number of aromatic nitrogens is 3. The lowest BCUT2D eigenvalue weighted by Gasteiger charge is -2.11. The molecule has 0 bridgehead atoms. The number of aryl methyl sites for hydroxylation is 1. The van der Waals surface area contributed by atoms with Gasteiger partial charge in [-0.1, -0.05) is 6.42 Å². The number of nitrogens with one attached hydrogen (secondary N) is 2. The average Bonchev–Trinajstić information content (AvgIpc) is 2.85. The molecule has 1 aliphatic heterocycles. The SMILES string of the molecule is CCNC(=NCc1nnc2n1CCCCC2)NCCCOCCOC. The van der Waals surface area contributed by atoms with Crippen molar-refractivity contribution in [3.8, 4) is 0 Å². The highest BCUT2D eigenvalue weighted by Crippen LogP contribution is 2.14. The second-order valence-electron chi connectivity index (χ2n) is 6.08. The van der Waals surface area contributed by atoms with Crippen LogP contribution in [0.25, 0.3) is 0 Å². The van der Waals surface area contributed by atoms with Gasteiger partial charge in [0.1, 0.15) is 12.4 Å². The summed E-state index contributed by atoms with van der Waals surface area (Å²) in [6.07, 6.45) is 5.62. The van der Waals surface area contributed by atoms with E-state index in [-0.39, 0.29) is 0 Å². The summed E-state index contributed by atoms with van der Waals surface area (Å²) >= 11 is 0. The molecule has 0 aromatic carbocycles. The zero-order valence-electron chi connectivity index (χ0n) is 15.6. The van der Waals surface area contributed by atoms with E-state index < -0.39 is 0 Å². The van der Waals surface area contributed by atoms with E-state index in [4.69, 9.17) is 9.47 Å². The Bertz CT molecular complexity index is 517. The van der Waals surface area contributed by atoms with Gasteiger partial charge in [0.2, 0.25) is 0 Å². The van der Waals surface area contributed by atoms with Crippen LogP contribution in [0, 0.1) is 0 Å². The van der Waals surface area contributed by atoms with Crippen LogP contribution < -0.4 is 10.6 Å². The van der Waals surface area contributed by atoms with Gasteiger partial charge in [-0.15, -0.1) is 10.2 Å². The van der Waals surface area contributed by atoms with Gasteiger partial charge >= 0.3 is 0 Å². The molecule has 1 aromatic heterocycles. The van der Waals surface area contributed by atoms with E-state index in [0.717, 1.165) is 50.1 Å². The van der Waals surface area contributed by atoms with Crippen LogP contribution in [0.15, 0.2) is 4.99 Å². The Morgan fingerprint density at radius 2 is 2.08 bits per heavy atom. The zero-order chi connectivity index (χ0) is 17.7. The van der Waals surface area contributed by atoms with Crippen LogP contribution in [-0.4, -0.2) is 60.7 Å². The molecule has 0 saturated heterocycles. The van der Waals surface area contributed by atoms with Gasteiger partial charge < -0.3 is 24.7 Å². The molecule has 0 atom stereocenters. The summed E-state index contributed by atoms with van der Waals surface area (Å²) in [5.41, 5.74) is 0. The van der Waals surface area contributed by atoms with E-state index in [2.05, 4.69) is 37.3 Å². The monoisotopic (exact) mass is 352 g/mol. The lowest BCUT2D eigenvalue weighted by molar-refractivity contribution is 0.0698. The molecule has 0 fully saturated rings. The van der Waals surface area contributed by atoms with Crippen molar-refractivity contribution in [3.63, 3.8) is 0 Å². The largest absolute Gasteiger partial charge is 0.382 e. The van der Waals surface area contributed by atoms with Crippen molar-refractivity contribution in [2.45, 2.75) is 52.1 Å². The fourth-order valence-corrected chi connectivity index (χ4v) is 2.78. The lowest BCUT2D eigenvalue weighted by Crippen LogP contribution is -2.38. The smallest absolute Gasteiger partial charge is 0.191 e. The Morgan fingerprint density at radius 1 is 1.16 bits per heavy atom. The number of guanidine groups is 1. The van der Waals surface area contributed by atoms with Gasteiger partial charge in [-0.3, -0.25) is 0 Å². The van der Waals surface area contributed by atoms with Crippen LogP contribution in [0.4, 0.5) is 0 Å². The molecule has 2 rings (SSSR count). The summed E-state index contributed by atoms with van der Waals surface area (Å²) in [5.74, 6) is 2.87. The van der Waals surface area contributed by atoms with Gasteiger partial charge in [0.15, 0.2) is 11.8 Å². The Balaban J connectivity index is 1.78. The van der Waals surface area contributed by atoms with Gasteiger partial charge in [-0.2, -0.15) is 0 Å². The summed E-state index contributed by atoms with van der Waals surface area (Å²) in [5, 5.41) is 15.3. The molecule has 0 unspecified atom stereocenters. The molecule has 1 aliphatic rings. The van der Waals surface area contributed by atoms with Crippen LogP contribution in [0.3, 0.4) is 0 Å². The molecule has 2 heterocycles. The fourth-order valence-electron chi connectivity index (χ4n) is 2.78. The molecular weight excluding hydrogens is 320 g/mol. The summed E-state index contributed by atoms with van der Waals surface area (Å²) in [7, 11) is 1.68. The van der Waals surface area contributed by atoms with Crippen LogP contribution in [0.2, 0.25) is 0 Å². The Labute approximate surface area is 150 Å². The first kappa shape index (κ1) is 19.7. The van der Waals surface area contributed by atoms with Gasteiger partial charge in [0.25, 0.3) is 0 Å². The number of rotatable bonds is 10. The van der Waals surface area contributed by atoms with Crippen molar-refractivity contribution in [3.05, 3.63) is 11.6 Å². The predicted molar refractivity (Wildman–Crippen MR) is 97.7 cm³/mol. The maximum atomic E-state index is 5.46. The second kappa shape index (κ2) is 11.8. The number of aliphatic imine (C=N–C) groups is 1. The van der Waals surface area contributed by atoms with E-state index in [0.29, 0.717) is 26.4 Å². The van der Waals surface area contributed by atoms with Gasteiger partial charge in [0, 0.05) is 39.8 Å². The summed E-state index contributed by atoms with van der Waals surface area (Å²) < 4.78 is 12.7. The Kier molecular flexibility index (Phi) is 9.28. The van der Waals surface area contributed by atoms with Gasteiger partial charge in [-0.05, 0) is 26.2 Å². The second-order valence-corrected chi connectivity index (χ2v) is 6.08. The van der Waals surface area contributed by atoms with Crippen LogP contribution in [-0.2, 0) is 29.0 Å². The lowest BCUT2D eigenvalue weighted by atomic mass is 10.2. The van der Waals surface area contributed by atoms with Crippen molar-refractivity contribution in [2.75, 3.05) is 40.0 Å². The summed E-state index contributed by atoms with van der Waals surface area (Å²) in [6.45, 7) is 7.26. The van der Waals surface area contributed by atoms with Crippen molar-refractivity contribution >= 4 is 5.96 Å². The molecule has 8 nitrogen and oxygen atoms in total. The highest BCUT2D eigenvalue weighted by Gasteiger charge is 2.14. The van der Waals surface area contributed by atoms with Crippen LogP contribution in [0.5, 0.6) is 0 Å². The summed E-state index contributed by atoms with van der Waals surface area (Å²) in [6, 6.07) is 0. The highest BCUT2D eigenvalue weighted by molar-refractivity contribution is 5.79. The topological polar surface area (TPSA) is 85.6 Å². The molecule has 0 amide bonds. The van der Waals surface area contributed by atoms with E-state index in [1.54, 1.807) is 7.11 Å². The first-order valence-electron chi connectivity index (χ1n) is 9.35. The quantitative estimate of drug-likeness (QED) is 0.373. The predicted octanol–water partition coefficient (Wildman–Crippen LogP) is 1.11. The van der Waals surface area contributed by atoms with Gasteiger partial charge in [-0.25, -0.2) is 4.99 Å². The van der Waals surface area contributed by atoms with Crippen molar-refractivity contribution in [2.24, 2.45) is 4.99 Å². The number of hydrogen-bond acceptors (Lipinski definition) is 5. The minimum atomic E-state index is 0.548. The van der Waals surface area contributed by atoms with Gasteiger partial charge in [0.05, 0.1) is 13.2 Å². The van der Waals surface area contributed by atoms with Crippen molar-refractivity contribution < 1.29 is 9.47 Å².